The van der Waals surface area contributed by atoms with E-state index in [1.165, 1.54) is 32.1 Å². The van der Waals surface area contributed by atoms with Crippen molar-refractivity contribution >= 4 is 5.91 Å². The SMILES string of the molecule is CCCCCCC/C=C/C(=O)NC(CCC)CCC. The summed E-state index contributed by atoms with van der Waals surface area (Å²) in [5.41, 5.74) is 0. The van der Waals surface area contributed by atoms with Gasteiger partial charge in [0, 0.05) is 6.04 Å². The van der Waals surface area contributed by atoms with Gasteiger partial charge in [-0.2, -0.15) is 0 Å². The van der Waals surface area contributed by atoms with Crippen LogP contribution in [0.2, 0.25) is 0 Å². The van der Waals surface area contributed by atoms with Gasteiger partial charge < -0.3 is 5.32 Å². The summed E-state index contributed by atoms with van der Waals surface area (Å²) in [4.78, 5) is 11.7. The second-order valence-corrected chi connectivity index (χ2v) is 5.39. The van der Waals surface area contributed by atoms with Crippen molar-refractivity contribution in [3.63, 3.8) is 0 Å². The summed E-state index contributed by atoms with van der Waals surface area (Å²) in [6.07, 6.45) is 15.6. The first kappa shape index (κ1) is 18.2. The van der Waals surface area contributed by atoms with Gasteiger partial charge in [-0.15, -0.1) is 0 Å². The van der Waals surface area contributed by atoms with Crippen LogP contribution in [0.5, 0.6) is 0 Å². The minimum absolute atomic E-state index is 0.0838. The molecule has 0 heterocycles. The minimum Gasteiger partial charge on any atom is -0.350 e. The molecule has 0 aliphatic rings. The molecule has 0 spiro atoms. The van der Waals surface area contributed by atoms with Gasteiger partial charge in [0.2, 0.25) is 5.91 Å². The summed E-state index contributed by atoms with van der Waals surface area (Å²) in [6.45, 7) is 6.56. The maximum atomic E-state index is 11.7. The summed E-state index contributed by atoms with van der Waals surface area (Å²) in [5, 5.41) is 3.10. The maximum absolute atomic E-state index is 11.7. The number of allylic oxidation sites excluding steroid dienone is 1. The lowest BCUT2D eigenvalue weighted by Crippen LogP contribution is -2.33. The van der Waals surface area contributed by atoms with Gasteiger partial charge in [0.05, 0.1) is 0 Å². The van der Waals surface area contributed by atoms with Crippen LogP contribution in [0.3, 0.4) is 0 Å². The van der Waals surface area contributed by atoms with Crippen molar-refractivity contribution in [2.75, 3.05) is 0 Å². The highest BCUT2D eigenvalue weighted by Gasteiger charge is 2.07. The van der Waals surface area contributed by atoms with Crippen molar-refractivity contribution in [1.29, 1.82) is 0 Å². The predicted molar refractivity (Wildman–Crippen MR) is 84.3 cm³/mol. The largest absolute Gasteiger partial charge is 0.350 e. The summed E-state index contributed by atoms with van der Waals surface area (Å²) < 4.78 is 0. The average molecular weight is 267 g/mol. The van der Waals surface area contributed by atoms with Crippen LogP contribution in [0.25, 0.3) is 0 Å². The number of rotatable bonds is 12. The van der Waals surface area contributed by atoms with Crippen LogP contribution in [0.15, 0.2) is 12.2 Å². The van der Waals surface area contributed by atoms with Gasteiger partial charge in [-0.1, -0.05) is 65.4 Å². The van der Waals surface area contributed by atoms with E-state index in [-0.39, 0.29) is 5.91 Å². The molecule has 1 amide bonds. The van der Waals surface area contributed by atoms with Gasteiger partial charge >= 0.3 is 0 Å². The van der Waals surface area contributed by atoms with Crippen LogP contribution in [0.1, 0.15) is 85.0 Å². The molecule has 1 N–H and O–H groups in total. The fourth-order valence-corrected chi connectivity index (χ4v) is 2.29. The summed E-state index contributed by atoms with van der Waals surface area (Å²) in [5.74, 6) is 0.0838. The molecule has 0 saturated carbocycles. The molecular weight excluding hydrogens is 234 g/mol. The minimum atomic E-state index is 0.0838. The molecule has 112 valence electrons. The number of carbonyl (C=O) groups excluding carboxylic acids is 1. The first-order valence-corrected chi connectivity index (χ1v) is 8.21. The van der Waals surface area contributed by atoms with Crippen molar-refractivity contribution in [1.82, 2.24) is 5.32 Å². The van der Waals surface area contributed by atoms with Crippen LogP contribution in [-0.4, -0.2) is 11.9 Å². The third-order valence-electron chi connectivity index (χ3n) is 3.36. The molecule has 0 aliphatic heterocycles. The Morgan fingerprint density at radius 2 is 1.58 bits per heavy atom. The smallest absolute Gasteiger partial charge is 0.243 e. The van der Waals surface area contributed by atoms with Crippen molar-refractivity contribution < 1.29 is 4.79 Å². The Morgan fingerprint density at radius 3 is 2.16 bits per heavy atom. The predicted octanol–water partition coefficient (Wildman–Crippen LogP) is 4.99. The van der Waals surface area contributed by atoms with Crippen molar-refractivity contribution in [2.45, 2.75) is 91.0 Å². The van der Waals surface area contributed by atoms with E-state index in [1.807, 2.05) is 6.08 Å². The van der Waals surface area contributed by atoms with E-state index in [9.17, 15) is 4.79 Å². The van der Waals surface area contributed by atoms with Gasteiger partial charge in [0.15, 0.2) is 0 Å². The van der Waals surface area contributed by atoms with Crippen LogP contribution >= 0.6 is 0 Å². The molecule has 0 saturated heterocycles. The highest BCUT2D eigenvalue weighted by atomic mass is 16.1. The fraction of sp³-hybridized carbons (Fsp3) is 0.824. The molecule has 19 heavy (non-hydrogen) atoms. The van der Waals surface area contributed by atoms with Crippen molar-refractivity contribution in [2.24, 2.45) is 0 Å². The molecule has 0 aromatic heterocycles. The zero-order valence-electron chi connectivity index (χ0n) is 13.2. The molecule has 0 fully saturated rings. The third kappa shape index (κ3) is 12.0. The number of hydrogen-bond donors (Lipinski definition) is 1. The van der Waals surface area contributed by atoms with Crippen LogP contribution in [0.4, 0.5) is 0 Å². The molecule has 0 bridgehead atoms. The lowest BCUT2D eigenvalue weighted by atomic mass is 10.1. The molecule has 0 unspecified atom stereocenters. The lowest BCUT2D eigenvalue weighted by molar-refractivity contribution is -0.117. The van der Waals surface area contributed by atoms with Crippen LogP contribution in [0, 0.1) is 0 Å². The number of unbranched alkanes of at least 4 members (excludes halogenated alkanes) is 5. The Morgan fingerprint density at radius 1 is 0.947 bits per heavy atom. The highest BCUT2D eigenvalue weighted by molar-refractivity contribution is 5.87. The fourth-order valence-electron chi connectivity index (χ4n) is 2.29. The van der Waals surface area contributed by atoms with Gasteiger partial charge in [0.1, 0.15) is 0 Å². The Kier molecular flexibility index (Phi) is 13.1. The molecule has 0 aromatic rings. The zero-order valence-corrected chi connectivity index (χ0v) is 13.2. The second-order valence-electron chi connectivity index (χ2n) is 5.39. The molecule has 0 rings (SSSR count). The maximum Gasteiger partial charge on any atom is 0.243 e. The Labute approximate surface area is 120 Å². The Bertz CT molecular complexity index is 229. The van der Waals surface area contributed by atoms with Crippen molar-refractivity contribution in [3.8, 4) is 0 Å². The van der Waals surface area contributed by atoms with E-state index in [0.29, 0.717) is 6.04 Å². The molecule has 0 radical (unpaired) electrons. The topological polar surface area (TPSA) is 29.1 Å². The van der Waals surface area contributed by atoms with E-state index in [0.717, 1.165) is 32.1 Å². The standard InChI is InChI=1S/C17H33NO/c1-4-7-8-9-10-11-12-15-17(19)18-16(13-5-2)14-6-3/h12,15-16H,4-11,13-14H2,1-3H3,(H,18,19)/b15-12+. The monoisotopic (exact) mass is 267 g/mol. The molecular formula is C17H33NO. The summed E-state index contributed by atoms with van der Waals surface area (Å²) >= 11 is 0. The van der Waals surface area contributed by atoms with E-state index < -0.39 is 0 Å². The molecule has 0 aromatic carbocycles. The highest BCUT2D eigenvalue weighted by Crippen LogP contribution is 2.06. The van der Waals surface area contributed by atoms with Crippen molar-refractivity contribution in [3.05, 3.63) is 12.2 Å². The first-order valence-electron chi connectivity index (χ1n) is 8.21. The summed E-state index contributed by atoms with van der Waals surface area (Å²) in [6, 6.07) is 0.358. The molecule has 0 atom stereocenters. The third-order valence-corrected chi connectivity index (χ3v) is 3.36. The van der Waals surface area contributed by atoms with Gasteiger partial charge in [-0.25, -0.2) is 0 Å². The summed E-state index contributed by atoms with van der Waals surface area (Å²) in [7, 11) is 0. The first-order chi connectivity index (χ1) is 9.24. The zero-order chi connectivity index (χ0) is 14.3. The second kappa shape index (κ2) is 13.6. The van der Waals surface area contributed by atoms with E-state index in [1.54, 1.807) is 6.08 Å². The molecule has 2 heteroatoms. The van der Waals surface area contributed by atoms with Gasteiger partial charge in [-0.05, 0) is 31.8 Å². The van der Waals surface area contributed by atoms with Crippen LogP contribution < -0.4 is 5.32 Å². The van der Waals surface area contributed by atoms with E-state index in [2.05, 4.69) is 26.1 Å². The van der Waals surface area contributed by atoms with Crippen LogP contribution in [-0.2, 0) is 4.79 Å². The Hall–Kier alpha value is -0.790. The quantitative estimate of drug-likeness (QED) is 0.392. The van der Waals surface area contributed by atoms with Gasteiger partial charge in [0.25, 0.3) is 0 Å². The number of nitrogens with one attached hydrogen (secondary N) is 1. The number of carbonyl (C=O) groups is 1. The molecule has 2 nitrogen and oxygen atoms in total. The van der Waals surface area contributed by atoms with E-state index >= 15 is 0 Å². The normalized spacial score (nSPS) is 11.4. The Balaban J connectivity index is 3.69. The molecule has 0 aliphatic carbocycles. The average Bonchev–Trinajstić information content (AvgIpc) is 2.38. The lowest BCUT2D eigenvalue weighted by Gasteiger charge is -2.15. The van der Waals surface area contributed by atoms with Gasteiger partial charge in [-0.3, -0.25) is 4.79 Å². The number of amides is 1. The number of hydrogen-bond acceptors (Lipinski definition) is 1. The van der Waals surface area contributed by atoms with E-state index in [4.69, 9.17) is 0 Å².